The van der Waals surface area contributed by atoms with E-state index in [-0.39, 0.29) is 0 Å². The molecule has 1 atom stereocenters. The van der Waals surface area contributed by atoms with Gasteiger partial charge in [-0.05, 0) is 50.9 Å². The lowest BCUT2D eigenvalue weighted by atomic mass is 9.99. The van der Waals surface area contributed by atoms with E-state index in [2.05, 4.69) is 15.2 Å². The van der Waals surface area contributed by atoms with E-state index >= 15 is 0 Å². The first-order valence-corrected chi connectivity index (χ1v) is 9.02. The van der Waals surface area contributed by atoms with Crippen LogP contribution in [-0.4, -0.2) is 45.8 Å². The molecule has 0 aliphatic carbocycles. The number of rotatable bonds is 5. The van der Waals surface area contributed by atoms with Crippen molar-refractivity contribution in [3.63, 3.8) is 0 Å². The Balaban J connectivity index is 2.23. The van der Waals surface area contributed by atoms with Crippen LogP contribution in [0.5, 0.6) is 0 Å². The molecule has 0 aromatic carbocycles. The van der Waals surface area contributed by atoms with Crippen LogP contribution in [-0.2, 0) is 9.84 Å². The highest BCUT2D eigenvalue weighted by molar-refractivity contribution is 7.90. The second kappa shape index (κ2) is 6.54. The van der Waals surface area contributed by atoms with Crippen molar-refractivity contribution in [3.05, 3.63) is 18.3 Å². The van der Waals surface area contributed by atoms with Crippen molar-refractivity contribution < 1.29 is 8.42 Å². The maximum absolute atomic E-state index is 11.9. The van der Waals surface area contributed by atoms with Gasteiger partial charge in [0.1, 0.15) is 10.7 Å². The van der Waals surface area contributed by atoms with Gasteiger partial charge in [-0.2, -0.15) is 0 Å². The van der Waals surface area contributed by atoms with Gasteiger partial charge in [0.25, 0.3) is 0 Å². The third-order valence-electron chi connectivity index (χ3n) is 3.71. The Labute approximate surface area is 121 Å². The van der Waals surface area contributed by atoms with Gasteiger partial charge < -0.3 is 10.2 Å². The normalized spacial score (nSPS) is 19.8. The average molecular weight is 297 g/mol. The zero-order chi connectivity index (χ0) is 14.6. The number of hydrogen-bond donors (Lipinski definition) is 1. The standard InChI is InChI=1S/C14H23N3O2S/c1-3-17(11-12-6-4-8-15-10-12)14-13(20(2,18)19)7-5-9-16-14/h5,7,9,12,15H,3-4,6,8,10-11H2,1-2H3. The highest BCUT2D eigenvalue weighted by Gasteiger charge is 2.22. The molecular formula is C14H23N3O2S. The summed E-state index contributed by atoms with van der Waals surface area (Å²) in [6.45, 7) is 5.73. The van der Waals surface area contributed by atoms with Gasteiger partial charge in [0.15, 0.2) is 9.84 Å². The second-order valence-electron chi connectivity index (χ2n) is 5.35. The summed E-state index contributed by atoms with van der Waals surface area (Å²) < 4.78 is 23.8. The molecule has 1 unspecified atom stereocenters. The first-order chi connectivity index (χ1) is 9.52. The Morgan fingerprint density at radius 3 is 2.90 bits per heavy atom. The molecule has 1 aromatic rings. The number of sulfone groups is 1. The van der Waals surface area contributed by atoms with Gasteiger partial charge in [-0.1, -0.05) is 0 Å². The van der Waals surface area contributed by atoms with Gasteiger partial charge in [-0.25, -0.2) is 13.4 Å². The summed E-state index contributed by atoms with van der Waals surface area (Å²) in [4.78, 5) is 6.71. The van der Waals surface area contributed by atoms with Gasteiger partial charge in [0.05, 0.1) is 0 Å². The fourth-order valence-corrected chi connectivity index (χ4v) is 3.51. The molecule has 1 aromatic heterocycles. The second-order valence-corrected chi connectivity index (χ2v) is 7.33. The Bertz CT molecular complexity index is 539. The molecule has 1 aliphatic heterocycles. The lowest BCUT2D eigenvalue weighted by Gasteiger charge is -2.31. The Morgan fingerprint density at radius 2 is 2.30 bits per heavy atom. The predicted octanol–water partition coefficient (Wildman–Crippen LogP) is 1.31. The Kier molecular flexibility index (Phi) is 4.99. The molecule has 112 valence electrons. The number of piperidine rings is 1. The SMILES string of the molecule is CCN(CC1CCCNC1)c1ncccc1S(C)(=O)=O. The molecule has 6 heteroatoms. The summed E-state index contributed by atoms with van der Waals surface area (Å²) in [7, 11) is -3.25. The highest BCUT2D eigenvalue weighted by atomic mass is 32.2. The van der Waals surface area contributed by atoms with E-state index in [1.165, 1.54) is 19.1 Å². The van der Waals surface area contributed by atoms with Crippen LogP contribution >= 0.6 is 0 Å². The van der Waals surface area contributed by atoms with E-state index in [1.807, 2.05) is 6.92 Å². The topological polar surface area (TPSA) is 62.3 Å². The minimum absolute atomic E-state index is 0.325. The minimum atomic E-state index is -3.25. The number of anilines is 1. The molecule has 1 saturated heterocycles. The number of hydrogen-bond acceptors (Lipinski definition) is 5. The van der Waals surface area contributed by atoms with Gasteiger partial charge in [-0.15, -0.1) is 0 Å². The zero-order valence-electron chi connectivity index (χ0n) is 12.2. The molecule has 0 bridgehead atoms. The van der Waals surface area contributed by atoms with Gasteiger partial charge >= 0.3 is 0 Å². The third kappa shape index (κ3) is 3.70. The van der Waals surface area contributed by atoms with Crippen LogP contribution in [0.4, 0.5) is 5.82 Å². The van der Waals surface area contributed by atoms with Crippen LogP contribution in [0.25, 0.3) is 0 Å². The molecule has 1 aliphatic rings. The maximum atomic E-state index is 11.9. The van der Waals surface area contributed by atoms with E-state index in [4.69, 9.17) is 0 Å². The number of pyridine rings is 1. The number of nitrogens with one attached hydrogen (secondary N) is 1. The molecule has 0 spiro atoms. The molecule has 20 heavy (non-hydrogen) atoms. The van der Waals surface area contributed by atoms with Crippen LogP contribution in [0.3, 0.4) is 0 Å². The van der Waals surface area contributed by atoms with Crippen molar-refractivity contribution in [3.8, 4) is 0 Å². The van der Waals surface area contributed by atoms with Crippen molar-refractivity contribution in [2.45, 2.75) is 24.7 Å². The van der Waals surface area contributed by atoms with E-state index in [0.29, 0.717) is 16.6 Å². The summed E-state index contributed by atoms with van der Waals surface area (Å²) >= 11 is 0. The number of aromatic nitrogens is 1. The molecule has 2 heterocycles. The lowest BCUT2D eigenvalue weighted by molar-refractivity contribution is 0.377. The first-order valence-electron chi connectivity index (χ1n) is 7.13. The van der Waals surface area contributed by atoms with E-state index in [1.54, 1.807) is 18.3 Å². The lowest BCUT2D eigenvalue weighted by Crippen LogP contribution is -2.39. The first kappa shape index (κ1) is 15.3. The summed E-state index contributed by atoms with van der Waals surface area (Å²) in [5.41, 5.74) is 0. The molecule has 0 saturated carbocycles. The fourth-order valence-electron chi connectivity index (χ4n) is 2.67. The van der Waals surface area contributed by atoms with Crippen molar-refractivity contribution >= 4 is 15.7 Å². The van der Waals surface area contributed by atoms with Gasteiger partial charge in [0, 0.05) is 25.5 Å². The van der Waals surface area contributed by atoms with E-state index < -0.39 is 9.84 Å². The predicted molar refractivity (Wildman–Crippen MR) is 80.8 cm³/mol. The molecule has 5 nitrogen and oxygen atoms in total. The Hall–Kier alpha value is -1.14. The maximum Gasteiger partial charge on any atom is 0.179 e. The molecule has 1 N–H and O–H groups in total. The van der Waals surface area contributed by atoms with Crippen LogP contribution < -0.4 is 10.2 Å². The molecule has 2 rings (SSSR count). The molecule has 0 radical (unpaired) electrons. The third-order valence-corrected chi connectivity index (χ3v) is 4.83. The monoisotopic (exact) mass is 297 g/mol. The highest BCUT2D eigenvalue weighted by Crippen LogP contribution is 2.24. The van der Waals surface area contributed by atoms with Crippen molar-refractivity contribution in [1.82, 2.24) is 10.3 Å². The van der Waals surface area contributed by atoms with Crippen LogP contribution in [0, 0.1) is 5.92 Å². The van der Waals surface area contributed by atoms with E-state index in [0.717, 1.165) is 26.2 Å². The molecule has 1 fully saturated rings. The zero-order valence-corrected chi connectivity index (χ0v) is 13.0. The molecular weight excluding hydrogens is 274 g/mol. The Morgan fingerprint density at radius 1 is 1.50 bits per heavy atom. The quantitative estimate of drug-likeness (QED) is 0.888. The number of nitrogens with zero attached hydrogens (tertiary/aromatic N) is 2. The van der Waals surface area contributed by atoms with Crippen LogP contribution in [0.2, 0.25) is 0 Å². The fraction of sp³-hybridized carbons (Fsp3) is 0.643. The largest absolute Gasteiger partial charge is 0.355 e. The van der Waals surface area contributed by atoms with Crippen molar-refractivity contribution in [1.29, 1.82) is 0 Å². The van der Waals surface area contributed by atoms with Crippen LogP contribution in [0.1, 0.15) is 19.8 Å². The molecule has 0 amide bonds. The summed E-state index contributed by atoms with van der Waals surface area (Å²) in [5, 5.41) is 3.40. The summed E-state index contributed by atoms with van der Waals surface area (Å²) in [5.74, 6) is 1.14. The van der Waals surface area contributed by atoms with Gasteiger partial charge in [0.2, 0.25) is 0 Å². The van der Waals surface area contributed by atoms with Crippen molar-refractivity contribution in [2.24, 2.45) is 5.92 Å². The average Bonchev–Trinajstić information content (AvgIpc) is 2.45. The van der Waals surface area contributed by atoms with Crippen LogP contribution in [0.15, 0.2) is 23.2 Å². The van der Waals surface area contributed by atoms with Crippen molar-refractivity contribution in [2.75, 3.05) is 37.3 Å². The van der Waals surface area contributed by atoms with Gasteiger partial charge in [-0.3, -0.25) is 0 Å². The smallest absolute Gasteiger partial charge is 0.179 e. The minimum Gasteiger partial charge on any atom is -0.355 e. The summed E-state index contributed by atoms with van der Waals surface area (Å²) in [6.07, 6.45) is 5.27. The summed E-state index contributed by atoms with van der Waals surface area (Å²) in [6, 6.07) is 3.31. The van der Waals surface area contributed by atoms with E-state index in [9.17, 15) is 8.42 Å².